The Kier molecular flexibility index (Phi) is 4.76. The van der Waals surface area contributed by atoms with E-state index < -0.39 is 5.97 Å². The average Bonchev–Trinajstić information content (AvgIpc) is 1.93. The average molecular weight is 216 g/mol. The van der Waals surface area contributed by atoms with Gasteiger partial charge in [-0.05, 0) is 12.5 Å². The summed E-state index contributed by atoms with van der Waals surface area (Å²) in [6.07, 6.45) is 0.111. The van der Waals surface area contributed by atoms with Crippen molar-refractivity contribution in [2.75, 3.05) is 0 Å². The molecule has 12 heavy (non-hydrogen) atoms. The van der Waals surface area contributed by atoms with Crippen LogP contribution in [0.5, 0.6) is 0 Å². The third-order valence-corrected chi connectivity index (χ3v) is 1.48. The maximum Gasteiger partial charge on any atom is 0.307 e. The van der Waals surface area contributed by atoms with Gasteiger partial charge in [-0.25, -0.2) is 0 Å². The first-order valence-electron chi connectivity index (χ1n) is 3.46. The number of rotatable bonds is 2. The third-order valence-electron chi connectivity index (χ3n) is 1.48. The van der Waals surface area contributed by atoms with E-state index in [4.69, 9.17) is 5.11 Å². The van der Waals surface area contributed by atoms with Crippen molar-refractivity contribution in [2.45, 2.75) is 13.3 Å². The van der Waals surface area contributed by atoms with Crippen LogP contribution in [0, 0.1) is 6.92 Å². The van der Waals surface area contributed by atoms with Gasteiger partial charge in [-0.1, -0.05) is 29.8 Å². The third kappa shape index (κ3) is 3.63. The van der Waals surface area contributed by atoms with E-state index in [-0.39, 0.29) is 25.9 Å². The molecule has 0 heterocycles. The summed E-state index contributed by atoms with van der Waals surface area (Å²) in [5.74, 6) is -0.783. The minimum atomic E-state index is -0.783. The standard InChI is InChI=1S/C9H10O2.Zn/c1-7-2-4-8(5-3-7)6-9(10)11;/h2-5H,6H2,1H3,(H,10,11);. The van der Waals surface area contributed by atoms with E-state index >= 15 is 0 Å². The number of carboxylic acids is 1. The first kappa shape index (κ1) is 11.3. The predicted octanol–water partition coefficient (Wildman–Crippen LogP) is 1.62. The van der Waals surface area contributed by atoms with Crippen LogP contribution >= 0.6 is 0 Å². The van der Waals surface area contributed by atoms with Gasteiger partial charge in [-0.2, -0.15) is 0 Å². The van der Waals surface area contributed by atoms with Gasteiger partial charge in [0.05, 0.1) is 6.42 Å². The number of aryl methyl sites for hydroxylation is 1. The molecule has 0 aromatic heterocycles. The van der Waals surface area contributed by atoms with Crippen molar-refractivity contribution in [3.8, 4) is 0 Å². The number of benzene rings is 1. The van der Waals surface area contributed by atoms with Gasteiger partial charge in [0.2, 0.25) is 0 Å². The van der Waals surface area contributed by atoms with E-state index in [0.717, 1.165) is 11.1 Å². The van der Waals surface area contributed by atoms with E-state index in [1.54, 1.807) is 0 Å². The fourth-order valence-electron chi connectivity index (χ4n) is 0.881. The van der Waals surface area contributed by atoms with Crippen molar-refractivity contribution in [3.63, 3.8) is 0 Å². The molecular weight excluding hydrogens is 205 g/mol. The van der Waals surface area contributed by atoms with E-state index in [9.17, 15) is 4.79 Å². The van der Waals surface area contributed by atoms with E-state index in [2.05, 4.69) is 0 Å². The Morgan fingerprint density at radius 1 is 1.33 bits per heavy atom. The summed E-state index contributed by atoms with van der Waals surface area (Å²) in [5.41, 5.74) is 2.00. The molecule has 60 valence electrons. The summed E-state index contributed by atoms with van der Waals surface area (Å²) in [7, 11) is 0. The number of aliphatic carboxylic acids is 1. The molecule has 2 nitrogen and oxygen atoms in total. The van der Waals surface area contributed by atoms with Gasteiger partial charge in [0.1, 0.15) is 0 Å². The van der Waals surface area contributed by atoms with Gasteiger partial charge < -0.3 is 5.11 Å². The van der Waals surface area contributed by atoms with Crippen LogP contribution in [0.2, 0.25) is 0 Å². The first-order chi connectivity index (χ1) is 5.18. The van der Waals surface area contributed by atoms with Crippen LogP contribution in [0.25, 0.3) is 0 Å². The molecule has 0 aliphatic carbocycles. The van der Waals surface area contributed by atoms with Crippen molar-refractivity contribution in [3.05, 3.63) is 35.4 Å². The molecule has 1 rings (SSSR count). The molecule has 0 saturated carbocycles. The SMILES string of the molecule is Cc1ccc(CC(=O)O)cc1.[Zn]. The maximum atomic E-state index is 10.3. The molecule has 0 amide bonds. The van der Waals surface area contributed by atoms with Gasteiger partial charge in [0.25, 0.3) is 0 Å². The smallest absolute Gasteiger partial charge is 0.307 e. The molecular formula is C9H10O2Zn. The predicted molar refractivity (Wildman–Crippen MR) is 42.5 cm³/mol. The second-order valence-electron chi connectivity index (χ2n) is 2.56. The molecule has 0 aliphatic rings. The molecule has 0 unspecified atom stereocenters. The van der Waals surface area contributed by atoms with Crippen LogP contribution in [0.3, 0.4) is 0 Å². The van der Waals surface area contributed by atoms with Crippen molar-refractivity contribution in [2.24, 2.45) is 0 Å². The van der Waals surface area contributed by atoms with Crippen molar-refractivity contribution >= 4 is 5.97 Å². The van der Waals surface area contributed by atoms with Crippen molar-refractivity contribution in [1.29, 1.82) is 0 Å². The second kappa shape index (κ2) is 5.05. The van der Waals surface area contributed by atoms with Crippen LogP contribution in [0.4, 0.5) is 0 Å². The van der Waals surface area contributed by atoms with Crippen LogP contribution in [-0.4, -0.2) is 11.1 Å². The minimum absolute atomic E-state index is 0. The largest absolute Gasteiger partial charge is 0.481 e. The molecule has 0 radical (unpaired) electrons. The summed E-state index contributed by atoms with van der Waals surface area (Å²) in [5, 5.41) is 8.44. The molecule has 0 fully saturated rings. The zero-order valence-electron chi connectivity index (χ0n) is 7.08. The Hall–Kier alpha value is -0.687. The fraction of sp³-hybridized carbons (Fsp3) is 0.222. The zero-order valence-corrected chi connectivity index (χ0v) is 10.0. The van der Waals surface area contributed by atoms with Crippen LogP contribution in [0.1, 0.15) is 11.1 Å². The molecule has 0 aliphatic heterocycles. The Balaban J connectivity index is 0.00000121. The number of hydrogen-bond donors (Lipinski definition) is 1. The minimum Gasteiger partial charge on any atom is -0.481 e. The van der Waals surface area contributed by atoms with Gasteiger partial charge in [-0.15, -0.1) is 0 Å². The maximum absolute atomic E-state index is 10.3. The Morgan fingerprint density at radius 3 is 2.25 bits per heavy atom. The van der Waals surface area contributed by atoms with Crippen molar-refractivity contribution < 1.29 is 29.4 Å². The first-order valence-corrected chi connectivity index (χ1v) is 3.46. The zero-order chi connectivity index (χ0) is 8.27. The van der Waals surface area contributed by atoms with Gasteiger partial charge in [0, 0.05) is 19.5 Å². The van der Waals surface area contributed by atoms with E-state index in [1.165, 1.54) is 0 Å². The topological polar surface area (TPSA) is 37.3 Å². The van der Waals surface area contributed by atoms with Gasteiger partial charge >= 0.3 is 5.97 Å². The Morgan fingerprint density at radius 2 is 1.83 bits per heavy atom. The summed E-state index contributed by atoms with van der Waals surface area (Å²) in [4.78, 5) is 10.3. The second-order valence-corrected chi connectivity index (χ2v) is 2.56. The molecule has 1 aromatic rings. The van der Waals surface area contributed by atoms with Crippen LogP contribution in [0.15, 0.2) is 24.3 Å². The summed E-state index contributed by atoms with van der Waals surface area (Å²) in [6, 6.07) is 7.50. The number of carboxylic acid groups (broad SMARTS) is 1. The molecule has 0 saturated heterocycles. The molecule has 3 heteroatoms. The van der Waals surface area contributed by atoms with Crippen molar-refractivity contribution in [1.82, 2.24) is 0 Å². The van der Waals surface area contributed by atoms with Gasteiger partial charge in [0.15, 0.2) is 0 Å². The van der Waals surface area contributed by atoms with Gasteiger partial charge in [-0.3, -0.25) is 4.79 Å². The number of carbonyl (C=O) groups is 1. The molecule has 1 aromatic carbocycles. The summed E-state index contributed by atoms with van der Waals surface area (Å²) in [6.45, 7) is 1.98. The Bertz CT molecular complexity index is 254. The normalized spacial score (nSPS) is 8.75. The summed E-state index contributed by atoms with van der Waals surface area (Å²) < 4.78 is 0. The van der Waals surface area contributed by atoms with Crippen LogP contribution < -0.4 is 0 Å². The molecule has 0 spiro atoms. The van der Waals surface area contributed by atoms with Crippen LogP contribution in [-0.2, 0) is 30.7 Å². The Labute approximate surface area is 84.4 Å². The quantitative estimate of drug-likeness (QED) is 0.762. The van der Waals surface area contributed by atoms with E-state index in [1.807, 2.05) is 31.2 Å². The molecule has 0 atom stereocenters. The molecule has 1 N–H and O–H groups in total. The summed E-state index contributed by atoms with van der Waals surface area (Å²) >= 11 is 0. The monoisotopic (exact) mass is 214 g/mol. The van der Waals surface area contributed by atoms with E-state index in [0.29, 0.717) is 0 Å². The number of hydrogen-bond acceptors (Lipinski definition) is 1. The fourth-order valence-corrected chi connectivity index (χ4v) is 0.881. The molecule has 0 bridgehead atoms.